The monoisotopic (exact) mass is 297 g/mol. The first-order chi connectivity index (χ1) is 9.41. The maximum Gasteiger partial charge on any atom is 0.288 e. The number of amides is 1. The maximum absolute atomic E-state index is 12.6. The number of rotatable bonds is 2. The Labute approximate surface area is 121 Å². The van der Waals surface area contributed by atoms with E-state index in [1.807, 2.05) is 13.8 Å². The molecule has 0 aromatic carbocycles. The molecule has 1 aromatic rings. The van der Waals surface area contributed by atoms with Crippen molar-refractivity contribution in [2.45, 2.75) is 45.2 Å². The molecule has 108 valence electrons. The Morgan fingerprint density at radius 1 is 1.45 bits per heavy atom. The van der Waals surface area contributed by atoms with Crippen LogP contribution in [0.3, 0.4) is 0 Å². The fraction of sp³-hybridized carbons (Fsp3) is 0.538. The molecule has 6 nitrogen and oxygen atoms in total. The van der Waals surface area contributed by atoms with Gasteiger partial charge >= 0.3 is 0 Å². The molecule has 1 aliphatic heterocycles. The van der Waals surface area contributed by atoms with Gasteiger partial charge in [0, 0.05) is 18.2 Å². The lowest BCUT2D eigenvalue weighted by molar-refractivity contribution is -0.385. The van der Waals surface area contributed by atoms with E-state index in [9.17, 15) is 14.9 Å². The third kappa shape index (κ3) is 2.75. The van der Waals surface area contributed by atoms with Crippen molar-refractivity contribution in [3.63, 3.8) is 0 Å². The lowest BCUT2D eigenvalue weighted by Gasteiger charge is -2.39. The number of carbonyl (C=O) groups is 1. The Balaban J connectivity index is 2.37. The van der Waals surface area contributed by atoms with E-state index >= 15 is 0 Å². The summed E-state index contributed by atoms with van der Waals surface area (Å²) >= 11 is 5.93. The fourth-order valence-electron chi connectivity index (χ4n) is 2.65. The maximum atomic E-state index is 12.6. The first-order valence-electron chi connectivity index (χ1n) is 6.54. The highest BCUT2D eigenvalue weighted by atomic mass is 35.5. The Hall–Kier alpha value is -1.69. The lowest BCUT2D eigenvalue weighted by Crippen LogP contribution is -2.47. The van der Waals surface area contributed by atoms with E-state index in [2.05, 4.69) is 4.98 Å². The molecule has 1 aliphatic rings. The van der Waals surface area contributed by atoms with Gasteiger partial charge in [0.1, 0.15) is 11.3 Å². The minimum absolute atomic E-state index is 0.00516. The van der Waals surface area contributed by atoms with E-state index in [4.69, 9.17) is 11.6 Å². The molecule has 1 saturated heterocycles. The number of halogens is 1. The summed E-state index contributed by atoms with van der Waals surface area (Å²) in [6.07, 6.45) is 3.99. The second-order valence-corrected chi connectivity index (χ2v) is 5.49. The minimum atomic E-state index is -0.580. The Morgan fingerprint density at radius 2 is 2.05 bits per heavy atom. The zero-order chi connectivity index (χ0) is 14.9. The number of aromatic nitrogens is 1. The van der Waals surface area contributed by atoms with Crippen molar-refractivity contribution < 1.29 is 9.72 Å². The highest BCUT2D eigenvalue weighted by Crippen LogP contribution is 2.27. The zero-order valence-corrected chi connectivity index (χ0v) is 12.1. The molecule has 0 radical (unpaired) electrons. The molecule has 0 spiro atoms. The molecule has 20 heavy (non-hydrogen) atoms. The van der Waals surface area contributed by atoms with Crippen LogP contribution < -0.4 is 0 Å². The first-order valence-corrected chi connectivity index (χ1v) is 6.92. The predicted molar refractivity (Wildman–Crippen MR) is 74.8 cm³/mol. The van der Waals surface area contributed by atoms with Crippen molar-refractivity contribution in [2.75, 3.05) is 0 Å². The summed E-state index contributed by atoms with van der Waals surface area (Å²) in [7, 11) is 0. The van der Waals surface area contributed by atoms with Crippen LogP contribution in [-0.2, 0) is 0 Å². The highest BCUT2D eigenvalue weighted by molar-refractivity contribution is 6.32. The van der Waals surface area contributed by atoms with Crippen molar-refractivity contribution in [1.82, 2.24) is 9.88 Å². The summed E-state index contributed by atoms with van der Waals surface area (Å²) in [6, 6.07) is 1.40. The number of piperidine rings is 1. The van der Waals surface area contributed by atoms with Gasteiger partial charge in [0.25, 0.3) is 11.6 Å². The number of nitro groups is 1. The van der Waals surface area contributed by atoms with Crippen molar-refractivity contribution in [2.24, 2.45) is 0 Å². The van der Waals surface area contributed by atoms with Crippen molar-refractivity contribution in [3.05, 3.63) is 33.1 Å². The van der Waals surface area contributed by atoms with Crippen LogP contribution in [0.15, 0.2) is 12.3 Å². The van der Waals surface area contributed by atoms with Gasteiger partial charge in [-0.05, 0) is 33.1 Å². The summed E-state index contributed by atoms with van der Waals surface area (Å²) in [5, 5.41) is 10.8. The number of hydrogen-bond donors (Lipinski definition) is 0. The standard InChI is InChI=1S/C13H16ClN3O3/c1-8-4-3-5-9(2)16(8)13(18)11-6-10(17(19)20)7-15-12(11)14/h6-9H,3-5H2,1-2H3/t8-,9+. The Kier molecular flexibility index (Phi) is 4.23. The molecule has 7 heteroatoms. The molecule has 2 rings (SSSR count). The van der Waals surface area contributed by atoms with Gasteiger partial charge in [-0.15, -0.1) is 0 Å². The molecular weight excluding hydrogens is 282 g/mol. The molecule has 0 unspecified atom stereocenters. The van der Waals surface area contributed by atoms with Crippen molar-refractivity contribution >= 4 is 23.2 Å². The van der Waals surface area contributed by atoms with Crippen LogP contribution in [0.2, 0.25) is 5.15 Å². The van der Waals surface area contributed by atoms with Crippen LogP contribution in [-0.4, -0.2) is 32.8 Å². The number of nitrogens with zero attached hydrogens (tertiary/aromatic N) is 3. The molecule has 1 aromatic heterocycles. The van der Waals surface area contributed by atoms with Gasteiger partial charge in [-0.2, -0.15) is 0 Å². The first kappa shape index (κ1) is 14.7. The van der Waals surface area contributed by atoms with E-state index < -0.39 is 4.92 Å². The van der Waals surface area contributed by atoms with Crippen LogP contribution in [0.4, 0.5) is 5.69 Å². The summed E-state index contributed by atoms with van der Waals surface area (Å²) < 4.78 is 0. The molecular formula is C13H16ClN3O3. The van der Waals surface area contributed by atoms with Crippen molar-refractivity contribution in [1.29, 1.82) is 0 Å². The third-order valence-electron chi connectivity index (χ3n) is 3.69. The molecule has 2 atom stereocenters. The SMILES string of the molecule is C[C@@H]1CCC[C@H](C)N1C(=O)c1cc([N+](=O)[O-])cnc1Cl. The quantitative estimate of drug-likeness (QED) is 0.477. The zero-order valence-electron chi connectivity index (χ0n) is 11.4. The van der Waals surface area contributed by atoms with Crippen LogP contribution in [0.5, 0.6) is 0 Å². The molecule has 1 amide bonds. The van der Waals surface area contributed by atoms with Crippen LogP contribution in [0.25, 0.3) is 0 Å². The number of carbonyl (C=O) groups excluding carboxylic acids is 1. The number of pyridine rings is 1. The van der Waals surface area contributed by atoms with E-state index in [0.29, 0.717) is 0 Å². The van der Waals surface area contributed by atoms with Gasteiger partial charge < -0.3 is 4.90 Å². The molecule has 0 bridgehead atoms. The second-order valence-electron chi connectivity index (χ2n) is 5.13. The second kappa shape index (κ2) is 5.75. The van der Waals surface area contributed by atoms with Gasteiger partial charge in [-0.1, -0.05) is 11.6 Å². The topological polar surface area (TPSA) is 76.3 Å². The van der Waals surface area contributed by atoms with Gasteiger partial charge in [-0.25, -0.2) is 4.98 Å². The molecule has 0 N–H and O–H groups in total. The average Bonchev–Trinajstić information content (AvgIpc) is 2.38. The van der Waals surface area contributed by atoms with E-state index in [1.165, 1.54) is 6.07 Å². The third-order valence-corrected chi connectivity index (χ3v) is 4.00. The summed E-state index contributed by atoms with van der Waals surface area (Å²) in [5.74, 6) is -0.286. The van der Waals surface area contributed by atoms with E-state index in [0.717, 1.165) is 25.5 Å². The summed E-state index contributed by atoms with van der Waals surface area (Å²) in [6.45, 7) is 3.96. The fourth-order valence-corrected chi connectivity index (χ4v) is 2.83. The molecule has 0 aliphatic carbocycles. The average molecular weight is 298 g/mol. The molecule has 1 fully saturated rings. The van der Waals surface area contributed by atoms with Crippen LogP contribution >= 0.6 is 11.6 Å². The van der Waals surface area contributed by atoms with Crippen LogP contribution in [0.1, 0.15) is 43.5 Å². The van der Waals surface area contributed by atoms with Gasteiger partial charge in [0.2, 0.25) is 0 Å². The molecule has 0 saturated carbocycles. The van der Waals surface area contributed by atoms with Gasteiger partial charge in [0.05, 0.1) is 10.5 Å². The highest BCUT2D eigenvalue weighted by Gasteiger charge is 2.31. The van der Waals surface area contributed by atoms with Crippen LogP contribution in [0, 0.1) is 10.1 Å². The van der Waals surface area contributed by atoms with Crippen molar-refractivity contribution in [3.8, 4) is 0 Å². The van der Waals surface area contributed by atoms with E-state index in [-0.39, 0.29) is 34.4 Å². The number of hydrogen-bond acceptors (Lipinski definition) is 4. The lowest BCUT2D eigenvalue weighted by atomic mass is 9.96. The Morgan fingerprint density at radius 3 is 2.60 bits per heavy atom. The molecule has 2 heterocycles. The largest absolute Gasteiger partial charge is 0.333 e. The Bertz CT molecular complexity index is 540. The van der Waals surface area contributed by atoms with Gasteiger partial charge in [-0.3, -0.25) is 14.9 Å². The minimum Gasteiger partial charge on any atom is -0.333 e. The normalized spacial score (nSPS) is 22.6. The number of likely N-dealkylation sites (tertiary alicyclic amines) is 1. The summed E-state index contributed by atoms with van der Waals surface area (Å²) in [4.78, 5) is 28.3. The predicted octanol–water partition coefficient (Wildman–Crippen LogP) is 3.05. The smallest absolute Gasteiger partial charge is 0.288 e. The van der Waals surface area contributed by atoms with Gasteiger partial charge in [0.15, 0.2) is 0 Å². The summed E-state index contributed by atoms with van der Waals surface area (Å²) in [5.41, 5.74) is -0.128. The van der Waals surface area contributed by atoms with E-state index in [1.54, 1.807) is 4.90 Å².